The van der Waals surface area contributed by atoms with Crippen molar-refractivity contribution in [3.05, 3.63) is 29.6 Å². The molecule has 1 aromatic heterocycles. The maximum Gasteiger partial charge on any atom is 0.0459 e. The summed E-state index contributed by atoms with van der Waals surface area (Å²) >= 11 is 0. The summed E-state index contributed by atoms with van der Waals surface area (Å²) in [5.41, 5.74) is 2.91. The third-order valence-electron chi connectivity index (χ3n) is 5.26. The van der Waals surface area contributed by atoms with Crippen molar-refractivity contribution in [3.63, 3.8) is 0 Å². The Morgan fingerprint density at radius 1 is 1.11 bits per heavy atom. The van der Waals surface area contributed by atoms with Crippen molar-refractivity contribution in [2.75, 3.05) is 0 Å². The molecule has 0 saturated heterocycles. The highest BCUT2D eigenvalue weighted by Gasteiger charge is 2.23. The molecule has 0 bridgehead atoms. The fourth-order valence-electron chi connectivity index (χ4n) is 3.13. The second-order valence-electron chi connectivity index (χ2n) is 6.84. The van der Waals surface area contributed by atoms with E-state index in [1.807, 2.05) is 0 Å². The smallest absolute Gasteiger partial charge is 0.0459 e. The van der Waals surface area contributed by atoms with Gasteiger partial charge in [0.1, 0.15) is 0 Å². The molecule has 1 aliphatic carbocycles. The zero-order valence-corrected chi connectivity index (χ0v) is 13.1. The van der Waals surface area contributed by atoms with Gasteiger partial charge in [-0.05, 0) is 55.6 Å². The molecule has 0 radical (unpaired) electrons. The molecule has 1 saturated carbocycles. The van der Waals surface area contributed by atoms with E-state index in [0.717, 1.165) is 18.3 Å². The fraction of sp³-hybridized carbons (Fsp3) is 0.722. The third-order valence-corrected chi connectivity index (χ3v) is 5.26. The minimum absolute atomic E-state index is 0.207. The summed E-state index contributed by atoms with van der Waals surface area (Å²) in [5, 5.41) is 0. The standard InChI is InChI=1S/C18H29N/c1-5-14-7-9-15(10-8-14)16-11-12-17(19-13-16)18(3,4)6-2/h11-15H,5-10H2,1-4H3. The van der Waals surface area contributed by atoms with Crippen LogP contribution in [0.2, 0.25) is 0 Å². The van der Waals surface area contributed by atoms with Gasteiger partial charge in [-0.15, -0.1) is 0 Å². The first-order valence-electron chi connectivity index (χ1n) is 8.03. The Kier molecular flexibility index (Phi) is 4.65. The van der Waals surface area contributed by atoms with Gasteiger partial charge in [0, 0.05) is 17.3 Å². The van der Waals surface area contributed by atoms with Crippen LogP contribution >= 0.6 is 0 Å². The van der Waals surface area contributed by atoms with E-state index >= 15 is 0 Å². The molecule has 0 unspecified atom stereocenters. The van der Waals surface area contributed by atoms with Gasteiger partial charge in [0.2, 0.25) is 0 Å². The number of rotatable bonds is 4. The lowest BCUT2D eigenvalue weighted by Gasteiger charge is -2.28. The van der Waals surface area contributed by atoms with E-state index in [1.165, 1.54) is 43.4 Å². The molecule has 0 aromatic carbocycles. The molecule has 1 heterocycles. The van der Waals surface area contributed by atoms with E-state index in [9.17, 15) is 0 Å². The van der Waals surface area contributed by atoms with Crippen molar-refractivity contribution < 1.29 is 0 Å². The van der Waals surface area contributed by atoms with E-state index in [4.69, 9.17) is 4.98 Å². The van der Waals surface area contributed by atoms with Crippen LogP contribution in [0, 0.1) is 5.92 Å². The van der Waals surface area contributed by atoms with Crippen LogP contribution in [-0.4, -0.2) is 4.98 Å². The van der Waals surface area contributed by atoms with Crippen molar-refractivity contribution in [2.45, 2.75) is 77.6 Å². The highest BCUT2D eigenvalue weighted by Crippen LogP contribution is 2.37. The Bertz CT molecular complexity index is 383. The van der Waals surface area contributed by atoms with Crippen molar-refractivity contribution in [1.82, 2.24) is 4.98 Å². The molecule has 1 nitrogen and oxygen atoms in total. The van der Waals surface area contributed by atoms with Crippen LogP contribution < -0.4 is 0 Å². The summed E-state index contributed by atoms with van der Waals surface area (Å²) in [6.07, 6.45) is 10.2. The largest absolute Gasteiger partial charge is 0.260 e. The monoisotopic (exact) mass is 259 g/mol. The number of aromatic nitrogens is 1. The minimum atomic E-state index is 0.207. The van der Waals surface area contributed by atoms with Gasteiger partial charge in [-0.3, -0.25) is 4.98 Å². The molecule has 19 heavy (non-hydrogen) atoms. The predicted octanol–water partition coefficient (Wildman–Crippen LogP) is 5.45. The molecule has 106 valence electrons. The van der Waals surface area contributed by atoms with Crippen LogP contribution in [-0.2, 0) is 5.41 Å². The Hall–Kier alpha value is -0.850. The van der Waals surface area contributed by atoms with Crippen LogP contribution in [0.1, 0.15) is 83.4 Å². The second kappa shape index (κ2) is 6.07. The summed E-state index contributed by atoms with van der Waals surface area (Å²) in [4.78, 5) is 4.74. The summed E-state index contributed by atoms with van der Waals surface area (Å²) in [7, 11) is 0. The van der Waals surface area contributed by atoms with Gasteiger partial charge in [-0.25, -0.2) is 0 Å². The second-order valence-corrected chi connectivity index (χ2v) is 6.84. The fourth-order valence-corrected chi connectivity index (χ4v) is 3.13. The lowest BCUT2D eigenvalue weighted by Crippen LogP contribution is -2.18. The highest BCUT2D eigenvalue weighted by atomic mass is 14.7. The van der Waals surface area contributed by atoms with Crippen molar-refractivity contribution >= 4 is 0 Å². The predicted molar refractivity (Wildman–Crippen MR) is 82.5 cm³/mol. The normalized spacial score (nSPS) is 24.4. The number of pyridine rings is 1. The summed E-state index contributed by atoms with van der Waals surface area (Å²) in [6, 6.07) is 4.58. The molecule has 1 aromatic rings. The zero-order valence-electron chi connectivity index (χ0n) is 13.1. The van der Waals surface area contributed by atoms with Crippen LogP contribution in [0.5, 0.6) is 0 Å². The van der Waals surface area contributed by atoms with Crippen molar-refractivity contribution in [2.24, 2.45) is 5.92 Å². The van der Waals surface area contributed by atoms with Crippen molar-refractivity contribution in [3.8, 4) is 0 Å². The number of hydrogen-bond acceptors (Lipinski definition) is 1. The molecule has 1 heteroatoms. The maximum absolute atomic E-state index is 4.74. The first-order valence-corrected chi connectivity index (χ1v) is 8.03. The summed E-state index contributed by atoms with van der Waals surface area (Å²) in [6.45, 7) is 9.12. The summed E-state index contributed by atoms with van der Waals surface area (Å²) < 4.78 is 0. The van der Waals surface area contributed by atoms with Gasteiger partial charge in [0.15, 0.2) is 0 Å². The zero-order chi connectivity index (χ0) is 13.9. The molecular weight excluding hydrogens is 230 g/mol. The van der Waals surface area contributed by atoms with Crippen LogP contribution in [0.15, 0.2) is 18.3 Å². The van der Waals surface area contributed by atoms with Gasteiger partial charge in [0.05, 0.1) is 0 Å². The minimum Gasteiger partial charge on any atom is -0.260 e. The Morgan fingerprint density at radius 3 is 2.26 bits per heavy atom. The Morgan fingerprint density at radius 2 is 1.79 bits per heavy atom. The molecule has 0 spiro atoms. The van der Waals surface area contributed by atoms with Gasteiger partial charge < -0.3 is 0 Å². The SMILES string of the molecule is CCC1CCC(c2ccc(C(C)(C)CC)nc2)CC1. The van der Waals surface area contributed by atoms with Gasteiger partial charge in [-0.1, -0.05) is 40.2 Å². The average Bonchev–Trinajstić information content (AvgIpc) is 2.47. The van der Waals surface area contributed by atoms with Gasteiger partial charge >= 0.3 is 0 Å². The third kappa shape index (κ3) is 3.38. The topological polar surface area (TPSA) is 12.9 Å². The molecule has 1 aliphatic rings. The average molecular weight is 259 g/mol. The van der Waals surface area contributed by atoms with E-state index in [0.29, 0.717) is 0 Å². The van der Waals surface area contributed by atoms with E-state index in [-0.39, 0.29) is 5.41 Å². The molecule has 1 fully saturated rings. The van der Waals surface area contributed by atoms with Crippen LogP contribution in [0.4, 0.5) is 0 Å². The van der Waals surface area contributed by atoms with Crippen LogP contribution in [0.25, 0.3) is 0 Å². The number of nitrogens with zero attached hydrogens (tertiary/aromatic N) is 1. The molecule has 0 atom stereocenters. The van der Waals surface area contributed by atoms with Crippen molar-refractivity contribution in [1.29, 1.82) is 0 Å². The first-order chi connectivity index (χ1) is 9.06. The lowest BCUT2D eigenvalue weighted by atomic mass is 9.78. The van der Waals surface area contributed by atoms with Gasteiger partial charge in [-0.2, -0.15) is 0 Å². The molecular formula is C18H29N. The molecule has 0 N–H and O–H groups in total. The Labute approximate surface area is 118 Å². The summed E-state index contributed by atoms with van der Waals surface area (Å²) in [5.74, 6) is 1.73. The van der Waals surface area contributed by atoms with Gasteiger partial charge in [0.25, 0.3) is 0 Å². The van der Waals surface area contributed by atoms with E-state index in [1.54, 1.807) is 0 Å². The quantitative estimate of drug-likeness (QED) is 0.700. The lowest BCUT2D eigenvalue weighted by molar-refractivity contribution is 0.318. The van der Waals surface area contributed by atoms with E-state index < -0.39 is 0 Å². The highest BCUT2D eigenvalue weighted by molar-refractivity contribution is 5.22. The first kappa shape index (κ1) is 14.6. The Balaban J connectivity index is 2.03. The number of hydrogen-bond donors (Lipinski definition) is 0. The molecule has 2 rings (SSSR count). The molecule has 0 amide bonds. The maximum atomic E-state index is 4.74. The van der Waals surface area contributed by atoms with Crippen LogP contribution in [0.3, 0.4) is 0 Å². The van der Waals surface area contributed by atoms with E-state index in [2.05, 4.69) is 46.0 Å². The molecule has 0 aliphatic heterocycles.